The molecule has 98 valence electrons. The zero-order valence-electron chi connectivity index (χ0n) is 10.6. The van der Waals surface area contributed by atoms with Crippen molar-refractivity contribution in [3.8, 4) is 0 Å². The first-order valence-electron chi connectivity index (χ1n) is 6.55. The molecule has 2 aromatic rings. The van der Waals surface area contributed by atoms with E-state index in [1.54, 1.807) is 23.9 Å². The van der Waals surface area contributed by atoms with Crippen molar-refractivity contribution in [2.75, 3.05) is 0 Å². The molecular weight excluding hydrogens is 257 g/mol. The minimum Gasteiger partial charge on any atom is -0.310 e. The number of hydrogen-bond donors (Lipinski definition) is 1. The monoisotopic (exact) mass is 273 g/mol. The van der Waals surface area contributed by atoms with Crippen LogP contribution in [0.3, 0.4) is 0 Å². The second-order valence-corrected chi connectivity index (χ2v) is 6.01. The van der Waals surface area contributed by atoms with E-state index < -0.39 is 0 Å². The fourth-order valence-electron chi connectivity index (χ4n) is 1.96. The fraction of sp³-hybridized carbons (Fsp3) is 0.250. The van der Waals surface area contributed by atoms with Gasteiger partial charge in [-0.25, -0.2) is 4.39 Å². The molecule has 0 bridgehead atoms. The second kappa shape index (κ2) is 5.76. The molecule has 2 aromatic carbocycles. The highest BCUT2D eigenvalue weighted by Crippen LogP contribution is 2.29. The molecule has 0 aromatic heterocycles. The molecule has 0 atom stereocenters. The van der Waals surface area contributed by atoms with Gasteiger partial charge in [0.2, 0.25) is 0 Å². The van der Waals surface area contributed by atoms with Crippen LogP contribution in [0, 0.1) is 5.82 Å². The number of benzene rings is 2. The van der Waals surface area contributed by atoms with E-state index >= 15 is 0 Å². The Hall–Kier alpha value is -1.32. The van der Waals surface area contributed by atoms with Crippen LogP contribution >= 0.6 is 11.8 Å². The summed E-state index contributed by atoms with van der Waals surface area (Å²) in [6.07, 6.45) is 2.50. The lowest BCUT2D eigenvalue weighted by molar-refractivity contribution is 0.615. The van der Waals surface area contributed by atoms with Crippen LogP contribution in [0.15, 0.2) is 58.3 Å². The molecule has 0 heterocycles. The molecule has 0 amide bonds. The Labute approximate surface area is 117 Å². The Bertz CT molecular complexity index is 552. The van der Waals surface area contributed by atoms with Crippen molar-refractivity contribution in [1.82, 2.24) is 5.32 Å². The maximum Gasteiger partial charge on any atom is 0.124 e. The molecule has 0 unspecified atom stereocenters. The Balaban J connectivity index is 1.72. The van der Waals surface area contributed by atoms with Crippen LogP contribution < -0.4 is 5.32 Å². The first-order chi connectivity index (χ1) is 9.29. The van der Waals surface area contributed by atoms with Gasteiger partial charge in [-0.05, 0) is 48.7 Å². The fourth-order valence-corrected chi connectivity index (χ4v) is 2.90. The van der Waals surface area contributed by atoms with Gasteiger partial charge in [-0.15, -0.1) is 0 Å². The van der Waals surface area contributed by atoms with Crippen LogP contribution in [0.5, 0.6) is 0 Å². The van der Waals surface area contributed by atoms with Gasteiger partial charge in [0.1, 0.15) is 5.82 Å². The number of nitrogens with one attached hydrogen (secondary N) is 1. The maximum absolute atomic E-state index is 13.6. The summed E-state index contributed by atoms with van der Waals surface area (Å²) >= 11 is 1.60. The van der Waals surface area contributed by atoms with Gasteiger partial charge in [0.05, 0.1) is 0 Å². The SMILES string of the molecule is Fc1cc(CNC2CC2)cc(Sc2ccccc2)c1. The standard InChI is InChI=1S/C16H16FNS/c17-13-8-12(11-18-14-6-7-14)9-16(10-13)19-15-4-2-1-3-5-15/h1-5,8-10,14,18H,6-7,11H2. The molecule has 1 aliphatic rings. The number of halogens is 1. The van der Waals surface area contributed by atoms with E-state index in [1.807, 2.05) is 30.3 Å². The highest BCUT2D eigenvalue weighted by Gasteiger charge is 2.20. The van der Waals surface area contributed by atoms with Crippen LogP contribution in [0.1, 0.15) is 18.4 Å². The van der Waals surface area contributed by atoms with Crippen LogP contribution in [0.2, 0.25) is 0 Å². The van der Waals surface area contributed by atoms with Crippen molar-refractivity contribution in [3.63, 3.8) is 0 Å². The summed E-state index contributed by atoms with van der Waals surface area (Å²) in [7, 11) is 0. The van der Waals surface area contributed by atoms with Crippen LogP contribution in [-0.2, 0) is 6.54 Å². The van der Waals surface area contributed by atoms with Gasteiger partial charge in [-0.2, -0.15) is 0 Å². The summed E-state index contributed by atoms with van der Waals surface area (Å²) < 4.78 is 13.6. The maximum atomic E-state index is 13.6. The normalized spacial score (nSPS) is 14.6. The van der Waals surface area contributed by atoms with Crippen molar-refractivity contribution in [3.05, 3.63) is 59.9 Å². The van der Waals surface area contributed by atoms with Gasteiger partial charge in [0, 0.05) is 22.4 Å². The highest BCUT2D eigenvalue weighted by molar-refractivity contribution is 7.99. The average molecular weight is 273 g/mol. The lowest BCUT2D eigenvalue weighted by Crippen LogP contribution is -2.15. The van der Waals surface area contributed by atoms with Crippen LogP contribution in [0.25, 0.3) is 0 Å². The van der Waals surface area contributed by atoms with Crippen LogP contribution in [0.4, 0.5) is 4.39 Å². The summed E-state index contributed by atoms with van der Waals surface area (Å²) in [6, 6.07) is 16.0. The molecule has 1 saturated carbocycles. The van der Waals surface area contributed by atoms with E-state index in [4.69, 9.17) is 0 Å². The van der Waals surface area contributed by atoms with Crippen molar-refractivity contribution in [1.29, 1.82) is 0 Å². The first kappa shape index (κ1) is 12.7. The third-order valence-electron chi connectivity index (χ3n) is 3.08. The zero-order valence-corrected chi connectivity index (χ0v) is 11.4. The van der Waals surface area contributed by atoms with Gasteiger partial charge < -0.3 is 5.32 Å². The van der Waals surface area contributed by atoms with E-state index in [9.17, 15) is 4.39 Å². The molecule has 1 N–H and O–H groups in total. The molecule has 0 radical (unpaired) electrons. The van der Waals surface area contributed by atoms with E-state index in [-0.39, 0.29) is 5.82 Å². The third kappa shape index (κ3) is 3.82. The predicted octanol–water partition coefficient (Wildman–Crippen LogP) is 4.23. The van der Waals surface area contributed by atoms with Crippen molar-refractivity contribution in [2.24, 2.45) is 0 Å². The lowest BCUT2D eigenvalue weighted by Gasteiger charge is -2.07. The summed E-state index contributed by atoms with van der Waals surface area (Å²) in [6.45, 7) is 0.755. The summed E-state index contributed by atoms with van der Waals surface area (Å²) in [5.41, 5.74) is 1.02. The minimum atomic E-state index is -0.159. The second-order valence-electron chi connectivity index (χ2n) is 4.87. The largest absolute Gasteiger partial charge is 0.310 e. The quantitative estimate of drug-likeness (QED) is 0.875. The lowest BCUT2D eigenvalue weighted by atomic mass is 10.2. The topological polar surface area (TPSA) is 12.0 Å². The van der Waals surface area contributed by atoms with Gasteiger partial charge >= 0.3 is 0 Å². The van der Waals surface area contributed by atoms with Crippen molar-refractivity contribution < 1.29 is 4.39 Å². The molecule has 3 heteroatoms. The van der Waals surface area contributed by atoms with E-state index in [2.05, 4.69) is 11.4 Å². The number of rotatable bonds is 5. The van der Waals surface area contributed by atoms with Crippen molar-refractivity contribution in [2.45, 2.75) is 35.2 Å². The molecule has 1 nitrogen and oxygen atoms in total. The minimum absolute atomic E-state index is 0.159. The molecular formula is C16H16FNS. The van der Waals surface area contributed by atoms with Gasteiger partial charge in [-0.1, -0.05) is 30.0 Å². The van der Waals surface area contributed by atoms with Crippen LogP contribution in [-0.4, -0.2) is 6.04 Å². The van der Waals surface area contributed by atoms with E-state index in [0.29, 0.717) is 6.04 Å². The van der Waals surface area contributed by atoms with Gasteiger partial charge in [0.25, 0.3) is 0 Å². The predicted molar refractivity (Wildman–Crippen MR) is 76.8 cm³/mol. The smallest absolute Gasteiger partial charge is 0.124 e. The average Bonchev–Trinajstić information content (AvgIpc) is 3.21. The summed E-state index contributed by atoms with van der Waals surface area (Å²) in [5, 5.41) is 3.42. The van der Waals surface area contributed by atoms with E-state index in [0.717, 1.165) is 21.9 Å². The molecule has 0 aliphatic heterocycles. The zero-order chi connectivity index (χ0) is 13.1. The third-order valence-corrected chi connectivity index (χ3v) is 4.06. The Kier molecular flexibility index (Phi) is 3.85. The molecule has 0 saturated heterocycles. The van der Waals surface area contributed by atoms with E-state index in [1.165, 1.54) is 12.8 Å². The van der Waals surface area contributed by atoms with Crippen molar-refractivity contribution >= 4 is 11.8 Å². The van der Waals surface area contributed by atoms with Gasteiger partial charge in [0.15, 0.2) is 0 Å². The molecule has 0 spiro atoms. The Morgan fingerprint density at radius 2 is 1.84 bits per heavy atom. The molecule has 1 fully saturated rings. The summed E-state index contributed by atoms with van der Waals surface area (Å²) in [4.78, 5) is 2.09. The van der Waals surface area contributed by atoms with Gasteiger partial charge in [-0.3, -0.25) is 0 Å². The Morgan fingerprint density at radius 3 is 2.58 bits per heavy atom. The first-order valence-corrected chi connectivity index (χ1v) is 7.37. The number of hydrogen-bond acceptors (Lipinski definition) is 2. The Morgan fingerprint density at radius 1 is 1.05 bits per heavy atom. The molecule has 1 aliphatic carbocycles. The molecule has 19 heavy (non-hydrogen) atoms. The highest BCUT2D eigenvalue weighted by atomic mass is 32.2. The summed E-state index contributed by atoms with van der Waals surface area (Å²) in [5.74, 6) is -0.159. The molecule has 3 rings (SSSR count).